The maximum atomic E-state index is 5.97. The van der Waals surface area contributed by atoms with Gasteiger partial charge in [-0.15, -0.1) is 0 Å². The highest BCUT2D eigenvalue weighted by Crippen LogP contribution is 2.40. The molecule has 0 heterocycles. The van der Waals surface area contributed by atoms with Crippen LogP contribution >= 0.6 is 11.6 Å². The molecule has 1 fully saturated rings. The molecule has 0 spiro atoms. The minimum atomic E-state index is 0.617. The molecule has 2 aromatic carbocycles. The predicted octanol–water partition coefficient (Wildman–Crippen LogP) is 3.99. The lowest BCUT2D eigenvalue weighted by Gasteiger charge is -2.05. The van der Waals surface area contributed by atoms with Crippen molar-refractivity contribution in [2.24, 2.45) is 0 Å². The smallest absolute Gasteiger partial charge is 0.0409 e. The summed E-state index contributed by atoms with van der Waals surface area (Å²) in [6.45, 7) is 0.897. The molecule has 0 aliphatic heterocycles. The van der Waals surface area contributed by atoms with Crippen molar-refractivity contribution >= 4 is 11.6 Å². The van der Waals surface area contributed by atoms with E-state index in [0.29, 0.717) is 12.0 Å². The molecule has 0 aromatic heterocycles. The predicted molar refractivity (Wildman–Crippen MR) is 75.9 cm³/mol. The van der Waals surface area contributed by atoms with Crippen molar-refractivity contribution in [2.75, 3.05) is 0 Å². The highest BCUT2D eigenvalue weighted by atomic mass is 35.5. The summed E-state index contributed by atoms with van der Waals surface area (Å²) in [5.41, 5.74) is 2.70. The largest absolute Gasteiger partial charge is 0.309 e. The van der Waals surface area contributed by atoms with Crippen molar-refractivity contribution in [2.45, 2.75) is 24.9 Å². The van der Waals surface area contributed by atoms with Crippen molar-refractivity contribution in [3.8, 4) is 0 Å². The summed E-state index contributed by atoms with van der Waals surface area (Å²) < 4.78 is 0. The van der Waals surface area contributed by atoms with Crippen molar-refractivity contribution in [1.29, 1.82) is 0 Å². The van der Waals surface area contributed by atoms with Gasteiger partial charge in [0, 0.05) is 23.5 Å². The van der Waals surface area contributed by atoms with E-state index < -0.39 is 0 Å². The minimum absolute atomic E-state index is 0.617. The second-order valence-electron chi connectivity index (χ2n) is 4.87. The molecule has 1 saturated carbocycles. The van der Waals surface area contributed by atoms with E-state index in [1.54, 1.807) is 0 Å². The van der Waals surface area contributed by atoms with Crippen LogP contribution in [0.5, 0.6) is 0 Å². The Kier molecular flexibility index (Phi) is 3.35. The van der Waals surface area contributed by atoms with Gasteiger partial charge >= 0.3 is 0 Å². The summed E-state index contributed by atoms with van der Waals surface area (Å²) >= 11 is 5.97. The van der Waals surface area contributed by atoms with Crippen LogP contribution in [0.15, 0.2) is 54.6 Å². The Morgan fingerprint density at radius 3 is 2.67 bits per heavy atom. The second-order valence-corrected chi connectivity index (χ2v) is 5.31. The van der Waals surface area contributed by atoms with Gasteiger partial charge in [0.2, 0.25) is 0 Å². The molecule has 0 radical (unpaired) electrons. The summed E-state index contributed by atoms with van der Waals surface area (Å²) in [7, 11) is 0. The van der Waals surface area contributed by atoms with Crippen molar-refractivity contribution in [1.82, 2.24) is 5.32 Å². The molecule has 0 bridgehead atoms. The third-order valence-electron chi connectivity index (χ3n) is 3.48. The van der Waals surface area contributed by atoms with Gasteiger partial charge in [0.05, 0.1) is 0 Å². The molecular formula is C16H16ClN. The van der Waals surface area contributed by atoms with Gasteiger partial charge in [0.25, 0.3) is 0 Å². The molecule has 2 heteroatoms. The van der Waals surface area contributed by atoms with Gasteiger partial charge in [0.1, 0.15) is 0 Å². The van der Waals surface area contributed by atoms with Gasteiger partial charge in [-0.25, -0.2) is 0 Å². The number of rotatable bonds is 4. The van der Waals surface area contributed by atoms with Gasteiger partial charge in [-0.1, -0.05) is 54.1 Å². The molecular weight excluding hydrogens is 242 g/mol. The minimum Gasteiger partial charge on any atom is -0.309 e. The molecule has 1 aliphatic rings. The Balaban J connectivity index is 1.55. The van der Waals surface area contributed by atoms with Crippen LogP contribution in [-0.4, -0.2) is 6.04 Å². The van der Waals surface area contributed by atoms with Crippen LogP contribution in [0, 0.1) is 0 Å². The monoisotopic (exact) mass is 257 g/mol. The molecule has 1 nitrogen and oxygen atoms in total. The van der Waals surface area contributed by atoms with Crippen molar-refractivity contribution < 1.29 is 0 Å². The lowest BCUT2D eigenvalue weighted by Crippen LogP contribution is -2.17. The van der Waals surface area contributed by atoms with Crippen LogP contribution in [0.3, 0.4) is 0 Å². The Labute approximate surface area is 113 Å². The Morgan fingerprint density at radius 2 is 1.89 bits per heavy atom. The van der Waals surface area contributed by atoms with Crippen molar-refractivity contribution in [3.05, 3.63) is 70.7 Å². The lowest BCUT2D eigenvalue weighted by atomic mass is 10.1. The van der Waals surface area contributed by atoms with Crippen LogP contribution in [0.2, 0.25) is 5.02 Å². The zero-order valence-electron chi connectivity index (χ0n) is 10.1. The number of benzene rings is 2. The third-order valence-corrected chi connectivity index (χ3v) is 3.71. The molecule has 2 aromatic rings. The van der Waals surface area contributed by atoms with Crippen LogP contribution in [0.4, 0.5) is 0 Å². The van der Waals surface area contributed by atoms with Crippen LogP contribution in [0.1, 0.15) is 23.5 Å². The topological polar surface area (TPSA) is 12.0 Å². The molecule has 0 saturated heterocycles. The van der Waals surface area contributed by atoms with E-state index in [1.165, 1.54) is 17.5 Å². The van der Waals surface area contributed by atoms with Crippen LogP contribution < -0.4 is 5.32 Å². The first-order valence-electron chi connectivity index (χ1n) is 6.36. The molecule has 18 heavy (non-hydrogen) atoms. The molecule has 0 amide bonds. The first-order valence-corrected chi connectivity index (χ1v) is 6.73. The van der Waals surface area contributed by atoms with Gasteiger partial charge < -0.3 is 5.32 Å². The average molecular weight is 258 g/mol. The summed E-state index contributed by atoms with van der Waals surface area (Å²) in [6.07, 6.45) is 1.24. The van der Waals surface area contributed by atoms with Gasteiger partial charge in [0.15, 0.2) is 0 Å². The van der Waals surface area contributed by atoms with Crippen molar-refractivity contribution in [3.63, 3.8) is 0 Å². The molecule has 3 rings (SSSR count). The summed E-state index contributed by atoms with van der Waals surface area (Å²) in [5, 5.41) is 4.40. The zero-order chi connectivity index (χ0) is 12.4. The lowest BCUT2D eigenvalue weighted by molar-refractivity contribution is 0.673. The number of hydrogen-bond donors (Lipinski definition) is 1. The summed E-state index contributed by atoms with van der Waals surface area (Å²) in [5.74, 6) is 0.686. The fourth-order valence-corrected chi connectivity index (χ4v) is 2.60. The first kappa shape index (κ1) is 11.8. The standard InChI is InChI=1S/C16H16ClN/c17-14-8-4-5-12(9-14)11-18-16-10-15(16)13-6-2-1-3-7-13/h1-9,15-16,18H,10-11H2. The van der Waals surface area contributed by atoms with Crippen LogP contribution in [-0.2, 0) is 6.54 Å². The van der Waals surface area contributed by atoms with E-state index in [2.05, 4.69) is 41.7 Å². The van der Waals surface area contributed by atoms with Gasteiger partial charge in [-0.3, -0.25) is 0 Å². The number of hydrogen-bond acceptors (Lipinski definition) is 1. The molecule has 2 unspecified atom stereocenters. The van der Waals surface area contributed by atoms with Crippen LogP contribution in [0.25, 0.3) is 0 Å². The van der Waals surface area contributed by atoms with E-state index in [4.69, 9.17) is 11.6 Å². The Morgan fingerprint density at radius 1 is 1.06 bits per heavy atom. The van der Waals surface area contributed by atoms with E-state index >= 15 is 0 Å². The maximum Gasteiger partial charge on any atom is 0.0409 e. The number of nitrogens with one attached hydrogen (secondary N) is 1. The zero-order valence-corrected chi connectivity index (χ0v) is 10.9. The van der Waals surface area contributed by atoms with E-state index in [0.717, 1.165) is 11.6 Å². The fourth-order valence-electron chi connectivity index (χ4n) is 2.39. The average Bonchev–Trinajstić information content (AvgIpc) is 3.17. The third kappa shape index (κ3) is 2.74. The Hall–Kier alpha value is -1.31. The Bertz CT molecular complexity index is 524. The van der Waals surface area contributed by atoms with E-state index in [-0.39, 0.29) is 0 Å². The molecule has 1 N–H and O–H groups in total. The quantitative estimate of drug-likeness (QED) is 0.874. The summed E-state index contributed by atoms with van der Waals surface area (Å²) in [4.78, 5) is 0. The molecule has 92 valence electrons. The maximum absolute atomic E-state index is 5.97. The number of halogens is 1. The SMILES string of the molecule is Clc1cccc(CNC2CC2c2ccccc2)c1. The van der Waals surface area contributed by atoms with E-state index in [1.807, 2.05) is 18.2 Å². The highest BCUT2D eigenvalue weighted by Gasteiger charge is 2.37. The summed E-state index contributed by atoms with van der Waals surface area (Å²) in [6, 6.07) is 19.4. The fraction of sp³-hybridized carbons (Fsp3) is 0.250. The second kappa shape index (κ2) is 5.13. The normalized spacial score (nSPS) is 21.8. The van der Waals surface area contributed by atoms with E-state index in [9.17, 15) is 0 Å². The highest BCUT2D eigenvalue weighted by molar-refractivity contribution is 6.30. The van der Waals surface area contributed by atoms with Gasteiger partial charge in [-0.2, -0.15) is 0 Å². The molecule has 2 atom stereocenters. The van der Waals surface area contributed by atoms with Gasteiger partial charge in [-0.05, 0) is 29.7 Å². The molecule has 1 aliphatic carbocycles. The first-order chi connectivity index (χ1) is 8.83.